The van der Waals surface area contributed by atoms with E-state index in [9.17, 15) is 4.79 Å². The van der Waals surface area contributed by atoms with E-state index in [0.717, 1.165) is 15.9 Å². The lowest BCUT2D eigenvalue weighted by molar-refractivity contribution is -0.142. The van der Waals surface area contributed by atoms with Gasteiger partial charge < -0.3 is 4.74 Å². The molecular formula is C10H12BrNO2. The molecule has 14 heavy (non-hydrogen) atoms. The zero-order valence-corrected chi connectivity index (χ0v) is 9.80. The number of carbonyl (C=O) groups excluding carboxylic acids is 1. The van der Waals surface area contributed by atoms with Gasteiger partial charge in [-0.3, -0.25) is 4.79 Å². The van der Waals surface area contributed by atoms with Crippen LogP contribution in [0, 0.1) is 6.92 Å². The van der Waals surface area contributed by atoms with E-state index in [1.54, 1.807) is 6.92 Å². The fourth-order valence-corrected chi connectivity index (χ4v) is 1.73. The molecule has 0 radical (unpaired) electrons. The Labute approximate surface area is 91.6 Å². The standard InChI is InChI=1S/C10H12BrNO2/c1-3-14-10(13)6-8-4-7(2)5-9(11)12-8/h4-5H,3,6H2,1-2H3. The van der Waals surface area contributed by atoms with E-state index in [0.29, 0.717) is 6.61 Å². The molecule has 1 aromatic rings. The molecule has 0 spiro atoms. The summed E-state index contributed by atoms with van der Waals surface area (Å²) in [6, 6.07) is 3.77. The molecule has 1 rings (SSSR count). The molecule has 0 saturated carbocycles. The lowest BCUT2D eigenvalue weighted by Crippen LogP contribution is -2.08. The first-order chi connectivity index (χ1) is 6.61. The number of hydrogen-bond acceptors (Lipinski definition) is 3. The highest BCUT2D eigenvalue weighted by Crippen LogP contribution is 2.11. The Kier molecular flexibility index (Phi) is 4.07. The van der Waals surface area contributed by atoms with Gasteiger partial charge in [-0.25, -0.2) is 4.98 Å². The molecular weight excluding hydrogens is 246 g/mol. The van der Waals surface area contributed by atoms with Crippen LogP contribution in [0.3, 0.4) is 0 Å². The van der Waals surface area contributed by atoms with E-state index in [1.807, 2.05) is 19.1 Å². The van der Waals surface area contributed by atoms with Crippen LogP contribution in [0.15, 0.2) is 16.7 Å². The average molecular weight is 258 g/mol. The highest BCUT2D eigenvalue weighted by Gasteiger charge is 2.06. The van der Waals surface area contributed by atoms with Crippen LogP contribution in [-0.2, 0) is 16.0 Å². The fourth-order valence-electron chi connectivity index (χ4n) is 1.14. The molecule has 1 aromatic heterocycles. The Balaban J connectivity index is 2.71. The summed E-state index contributed by atoms with van der Waals surface area (Å²) in [6.07, 6.45) is 0.230. The fraction of sp³-hybridized carbons (Fsp3) is 0.400. The highest BCUT2D eigenvalue weighted by molar-refractivity contribution is 9.10. The molecule has 0 saturated heterocycles. The number of ether oxygens (including phenoxy) is 1. The average Bonchev–Trinajstić information content (AvgIpc) is 2.01. The van der Waals surface area contributed by atoms with Gasteiger partial charge >= 0.3 is 5.97 Å². The third-order valence-electron chi connectivity index (χ3n) is 1.62. The quantitative estimate of drug-likeness (QED) is 0.616. The first-order valence-corrected chi connectivity index (χ1v) is 5.20. The molecule has 76 valence electrons. The molecule has 0 atom stereocenters. The maximum absolute atomic E-state index is 11.2. The second kappa shape index (κ2) is 5.10. The number of rotatable bonds is 3. The van der Waals surface area contributed by atoms with Crippen molar-refractivity contribution in [1.82, 2.24) is 4.98 Å². The van der Waals surface area contributed by atoms with E-state index < -0.39 is 0 Å². The van der Waals surface area contributed by atoms with Gasteiger partial charge in [0.25, 0.3) is 0 Å². The van der Waals surface area contributed by atoms with Crippen molar-refractivity contribution in [3.05, 3.63) is 28.0 Å². The maximum Gasteiger partial charge on any atom is 0.311 e. The van der Waals surface area contributed by atoms with Gasteiger partial charge in [-0.05, 0) is 47.5 Å². The third-order valence-corrected chi connectivity index (χ3v) is 2.03. The smallest absolute Gasteiger partial charge is 0.311 e. The second-order valence-electron chi connectivity index (χ2n) is 2.94. The lowest BCUT2D eigenvalue weighted by atomic mass is 10.2. The van der Waals surface area contributed by atoms with Crippen molar-refractivity contribution >= 4 is 21.9 Å². The second-order valence-corrected chi connectivity index (χ2v) is 3.75. The molecule has 4 heteroatoms. The van der Waals surface area contributed by atoms with Crippen LogP contribution in [0.2, 0.25) is 0 Å². The van der Waals surface area contributed by atoms with Crippen LogP contribution in [0.1, 0.15) is 18.2 Å². The number of aromatic nitrogens is 1. The Morgan fingerprint density at radius 2 is 2.29 bits per heavy atom. The topological polar surface area (TPSA) is 39.2 Å². The lowest BCUT2D eigenvalue weighted by Gasteiger charge is -2.03. The highest BCUT2D eigenvalue weighted by atomic mass is 79.9. The van der Waals surface area contributed by atoms with Crippen LogP contribution in [0.5, 0.6) is 0 Å². The molecule has 0 fully saturated rings. The normalized spacial score (nSPS) is 9.93. The summed E-state index contributed by atoms with van der Waals surface area (Å²) in [7, 11) is 0. The molecule has 0 aromatic carbocycles. The largest absolute Gasteiger partial charge is 0.466 e. The molecule has 3 nitrogen and oxygen atoms in total. The van der Waals surface area contributed by atoms with Crippen LogP contribution in [-0.4, -0.2) is 17.6 Å². The van der Waals surface area contributed by atoms with Crippen LogP contribution in [0.25, 0.3) is 0 Å². The van der Waals surface area contributed by atoms with Crippen molar-refractivity contribution in [3.63, 3.8) is 0 Å². The van der Waals surface area contributed by atoms with Gasteiger partial charge in [-0.1, -0.05) is 0 Å². The van der Waals surface area contributed by atoms with Crippen LogP contribution < -0.4 is 0 Å². The van der Waals surface area contributed by atoms with Gasteiger partial charge in [-0.2, -0.15) is 0 Å². The molecule has 0 aliphatic heterocycles. The number of pyridine rings is 1. The number of halogens is 1. The first kappa shape index (κ1) is 11.2. The van der Waals surface area contributed by atoms with Crippen LogP contribution in [0.4, 0.5) is 0 Å². The Hall–Kier alpha value is -0.900. The van der Waals surface area contributed by atoms with Crippen LogP contribution >= 0.6 is 15.9 Å². The third kappa shape index (κ3) is 3.46. The molecule has 0 N–H and O–H groups in total. The minimum Gasteiger partial charge on any atom is -0.466 e. The SMILES string of the molecule is CCOC(=O)Cc1cc(C)cc(Br)n1. The summed E-state index contributed by atoms with van der Waals surface area (Å²) < 4.78 is 5.58. The summed E-state index contributed by atoms with van der Waals surface area (Å²) in [5.41, 5.74) is 1.81. The summed E-state index contributed by atoms with van der Waals surface area (Å²) >= 11 is 3.28. The number of carbonyl (C=O) groups is 1. The predicted octanol–water partition coefficient (Wildman–Crippen LogP) is 2.26. The summed E-state index contributed by atoms with van der Waals surface area (Å²) in [5.74, 6) is -0.238. The van der Waals surface area contributed by atoms with Crippen molar-refractivity contribution in [3.8, 4) is 0 Å². The summed E-state index contributed by atoms with van der Waals surface area (Å²) in [6.45, 7) is 4.16. The van der Waals surface area contributed by atoms with Gasteiger partial charge in [-0.15, -0.1) is 0 Å². The Morgan fingerprint density at radius 1 is 1.57 bits per heavy atom. The monoisotopic (exact) mass is 257 g/mol. The minimum absolute atomic E-state index is 0.230. The van der Waals surface area contributed by atoms with Crippen molar-refractivity contribution in [2.75, 3.05) is 6.61 Å². The van der Waals surface area contributed by atoms with E-state index >= 15 is 0 Å². The predicted molar refractivity (Wildman–Crippen MR) is 57.0 cm³/mol. The van der Waals surface area contributed by atoms with Gasteiger partial charge in [0.2, 0.25) is 0 Å². The van der Waals surface area contributed by atoms with Crippen molar-refractivity contribution in [2.24, 2.45) is 0 Å². The zero-order chi connectivity index (χ0) is 10.6. The molecule has 0 bridgehead atoms. The van der Waals surface area contributed by atoms with E-state index in [4.69, 9.17) is 4.74 Å². The van der Waals surface area contributed by atoms with Crippen molar-refractivity contribution in [1.29, 1.82) is 0 Å². The van der Waals surface area contributed by atoms with Crippen molar-refractivity contribution in [2.45, 2.75) is 20.3 Å². The number of nitrogens with zero attached hydrogens (tertiary/aromatic N) is 1. The van der Waals surface area contributed by atoms with E-state index in [-0.39, 0.29) is 12.4 Å². The van der Waals surface area contributed by atoms with E-state index in [2.05, 4.69) is 20.9 Å². The minimum atomic E-state index is -0.238. The first-order valence-electron chi connectivity index (χ1n) is 4.40. The molecule has 0 unspecified atom stereocenters. The number of hydrogen-bond donors (Lipinski definition) is 0. The van der Waals surface area contributed by atoms with Gasteiger partial charge in [0, 0.05) is 0 Å². The van der Waals surface area contributed by atoms with Crippen molar-refractivity contribution < 1.29 is 9.53 Å². The number of esters is 1. The molecule has 0 aliphatic carbocycles. The maximum atomic E-state index is 11.2. The zero-order valence-electron chi connectivity index (χ0n) is 8.21. The molecule has 0 amide bonds. The Morgan fingerprint density at radius 3 is 2.86 bits per heavy atom. The van der Waals surface area contributed by atoms with Gasteiger partial charge in [0.05, 0.1) is 18.7 Å². The molecule has 1 heterocycles. The summed E-state index contributed by atoms with van der Waals surface area (Å²) in [4.78, 5) is 15.3. The van der Waals surface area contributed by atoms with Gasteiger partial charge in [0.1, 0.15) is 4.60 Å². The van der Waals surface area contributed by atoms with Gasteiger partial charge in [0.15, 0.2) is 0 Å². The molecule has 0 aliphatic rings. The number of aryl methyl sites for hydroxylation is 1. The van der Waals surface area contributed by atoms with E-state index in [1.165, 1.54) is 0 Å². The summed E-state index contributed by atoms with van der Waals surface area (Å²) in [5, 5.41) is 0. The Bertz CT molecular complexity index is 319.